The third-order valence-corrected chi connectivity index (χ3v) is 3.94. The minimum Gasteiger partial charge on any atom is -0.434 e. The van der Waals surface area contributed by atoms with E-state index in [1.807, 2.05) is 43.3 Å². The molecule has 0 aliphatic heterocycles. The molecule has 118 valence electrons. The van der Waals surface area contributed by atoms with Gasteiger partial charge in [0.1, 0.15) is 5.75 Å². The molecule has 3 heteroatoms. The Labute approximate surface area is 135 Å². The highest BCUT2D eigenvalue weighted by atomic mass is 16.7. The third-order valence-electron chi connectivity index (χ3n) is 3.94. The molecule has 3 aromatic carbocycles. The first-order valence-electron chi connectivity index (χ1n) is 8.02. The van der Waals surface area contributed by atoms with E-state index in [0.717, 1.165) is 34.4 Å². The van der Waals surface area contributed by atoms with Gasteiger partial charge in [-0.05, 0) is 35.2 Å². The van der Waals surface area contributed by atoms with Crippen LogP contribution in [0, 0.1) is 0 Å². The van der Waals surface area contributed by atoms with Gasteiger partial charge < -0.3 is 9.47 Å². The normalized spacial score (nSPS) is 10.9. The second-order valence-corrected chi connectivity index (χ2v) is 5.49. The van der Waals surface area contributed by atoms with Gasteiger partial charge in [0.25, 0.3) is 0 Å². The highest BCUT2D eigenvalue weighted by Crippen LogP contribution is 2.36. The van der Waals surface area contributed by atoms with Gasteiger partial charge in [-0.15, -0.1) is 0 Å². The van der Waals surface area contributed by atoms with E-state index in [-0.39, 0.29) is 0 Å². The van der Waals surface area contributed by atoms with Crippen molar-refractivity contribution in [3.8, 4) is 5.75 Å². The fourth-order valence-corrected chi connectivity index (χ4v) is 2.83. The molecular weight excluding hydrogens is 288 g/mol. The zero-order valence-electron chi connectivity index (χ0n) is 13.5. The van der Waals surface area contributed by atoms with Gasteiger partial charge in [0.05, 0.1) is 6.61 Å². The lowest BCUT2D eigenvalue weighted by Crippen LogP contribution is -2.11. The molecule has 3 nitrogen and oxygen atoms in total. The van der Waals surface area contributed by atoms with Crippen LogP contribution in [0.25, 0.3) is 21.5 Å². The summed E-state index contributed by atoms with van der Waals surface area (Å²) in [7, 11) is 0. The Balaban J connectivity index is 2.20. The first kappa shape index (κ1) is 15.3. The molecule has 0 amide bonds. The minimum absolute atomic E-state index is 0.363. The zero-order chi connectivity index (χ0) is 16.2. The van der Waals surface area contributed by atoms with E-state index in [9.17, 15) is 4.79 Å². The predicted octanol–water partition coefficient (Wildman–Crippen LogP) is 5.48. The van der Waals surface area contributed by atoms with Crippen LogP contribution in [0.15, 0.2) is 48.5 Å². The molecular formula is C20H20O3. The summed E-state index contributed by atoms with van der Waals surface area (Å²) in [5.41, 5.74) is 1.24. The highest BCUT2D eigenvalue weighted by molar-refractivity contribution is 6.07. The summed E-state index contributed by atoms with van der Waals surface area (Å²) in [5, 5.41) is 4.03. The van der Waals surface area contributed by atoms with Crippen molar-refractivity contribution in [3.63, 3.8) is 0 Å². The van der Waals surface area contributed by atoms with Crippen LogP contribution >= 0.6 is 0 Å². The van der Waals surface area contributed by atoms with E-state index in [4.69, 9.17) is 9.47 Å². The molecule has 0 heterocycles. The molecule has 0 N–H and O–H groups in total. The highest BCUT2D eigenvalue weighted by Gasteiger charge is 2.15. The van der Waals surface area contributed by atoms with Crippen LogP contribution in [0.4, 0.5) is 4.79 Å². The van der Waals surface area contributed by atoms with Crippen molar-refractivity contribution < 1.29 is 14.3 Å². The third kappa shape index (κ3) is 3.00. The van der Waals surface area contributed by atoms with Crippen molar-refractivity contribution in [2.75, 3.05) is 6.61 Å². The molecule has 0 spiro atoms. The Bertz CT molecular complexity index is 852. The van der Waals surface area contributed by atoms with Crippen LogP contribution in [0.1, 0.15) is 25.8 Å². The summed E-state index contributed by atoms with van der Waals surface area (Å²) in [6, 6.07) is 16.2. The number of hydrogen-bond acceptors (Lipinski definition) is 3. The van der Waals surface area contributed by atoms with Crippen LogP contribution in [-0.2, 0) is 11.2 Å². The summed E-state index contributed by atoms with van der Waals surface area (Å²) in [6.07, 6.45) is 1.05. The Morgan fingerprint density at radius 3 is 2.52 bits per heavy atom. The van der Waals surface area contributed by atoms with E-state index >= 15 is 0 Å². The van der Waals surface area contributed by atoms with Gasteiger partial charge in [0.15, 0.2) is 0 Å². The second-order valence-electron chi connectivity index (χ2n) is 5.49. The van der Waals surface area contributed by atoms with E-state index in [2.05, 4.69) is 19.1 Å². The molecule has 0 atom stereocenters. The van der Waals surface area contributed by atoms with Crippen LogP contribution in [-0.4, -0.2) is 12.8 Å². The molecule has 0 saturated heterocycles. The Morgan fingerprint density at radius 1 is 0.957 bits per heavy atom. The number of fused-ring (bicyclic) bond motifs is 2. The summed E-state index contributed by atoms with van der Waals surface area (Å²) < 4.78 is 10.7. The van der Waals surface area contributed by atoms with Gasteiger partial charge in [-0.2, -0.15) is 0 Å². The maximum absolute atomic E-state index is 12.0. The van der Waals surface area contributed by atoms with Crippen molar-refractivity contribution in [3.05, 3.63) is 54.1 Å². The van der Waals surface area contributed by atoms with Gasteiger partial charge in [-0.25, -0.2) is 4.79 Å². The largest absolute Gasteiger partial charge is 0.513 e. The number of ether oxygens (including phenoxy) is 2. The molecule has 0 aliphatic carbocycles. The lowest BCUT2D eigenvalue weighted by atomic mass is 9.97. The number of carbonyl (C=O) groups excluding carboxylic acids is 1. The van der Waals surface area contributed by atoms with E-state index in [1.54, 1.807) is 0 Å². The first-order valence-corrected chi connectivity index (χ1v) is 8.02. The summed E-state index contributed by atoms with van der Waals surface area (Å²) in [6.45, 7) is 4.44. The van der Waals surface area contributed by atoms with E-state index in [1.165, 1.54) is 5.56 Å². The monoisotopic (exact) mass is 308 g/mol. The van der Waals surface area contributed by atoms with Gasteiger partial charge in [0, 0.05) is 10.8 Å². The number of carbonyl (C=O) groups is 1. The molecule has 0 unspecified atom stereocenters. The number of rotatable bonds is 4. The van der Waals surface area contributed by atoms with Crippen LogP contribution in [0.2, 0.25) is 0 Å². The molecule has 0 aliphatic rings. The summed E-state index contributed by atoms with van der Waals surface area (Å²) in [5.74, 6) is 0.578. The van der Waals surface area contributed by atoms with E-state index in [0.29, 0.717) is 12.4 Å². The average molecular weight is 308 g/mol. The molecule has 0 fully saturated rings. The molecule has 0 bridgehead atoms. The summed E-state index contributed by atoms with van der Waals surface area (Å²) in [4.78, 5) is 12.0. The lowest BCUT2D eigenvalue weighted by molar-refractivity contribution is 0.100. The number of aryl methyl sites for hydroxylation is 1. The SMILES string of the molecule is CCCOC(=O)Oc1c2ccccc2cc2c(CC)cccc12. The molecule has 0 aromatic heterocycles. The molecule has 3 rings (SSSR count). The topological polar surface area (TPSA) is 35.5 Å². The predicted molar refractivity (Wildman–Crippen MR) is 93.1 cm³/mol. The van der Waals surface area contributed by atoms with Gasteiger partial charge in [-0.3, -0.25) is 0 Å². The maximum Gasteiger partial charge on any atom is 0.513 e. The zero-order valence-corrected chi connectivity index (χ0v) is 13.5. The van der Waals surface area contributed by atoms with Crippen molar-refractivity contribution in [1.82, 2.24) is 0 Å². The quantitative estimate of drug-likeness (QED) is 0.363. The average Bonchev–Trinajstić information content (AvgIpc) is 2.59. The van der Waals surface area contributed by atoms with Crippen LogP contribution in [0.5, 0.6) is 5.75 Å². The van der Waals surface area contributed by atoms with Crippen molar-refractivity contribution in [1.29, 1.82) is 0 Å². The molecule has 23 heavy (non-hydrogen) atoms. The Kier molecular flexibility index (Phi) is 4.47. The van der Waals surface area contributed by atoms with Gasteiger partial charge in [0.2, 0.25) is 0 Å². The minimum atomic E-state index is -0.647. The Hall–Kier alpha value is -2.55. The summed E-state index contributed by atoms with van der Waals surface area (Å²) >= 11 is 0. The smallest absolute Gasteiger partial charge is 0.434 e. The second kappa shape index (κ2) is 6.69. The van der Waals surface area contributed by atoms with Gasteiger partial charge >= 0.3 is 6.16 Å². The van der Waals surface area contributed by atoms with Crippen molar-refractivity contribution >= 4 is 27.7 Å². The fourth-order valence-electron chi connectivity index (χ4n) is 2.83. The van der Waals surface area contributed by atoms with Crippen LogP contribution in [0.3, 0.4) is 0 Å². The number of benzene rings is 3. The molecule has 3 aromatic rings. The van der Waals surface area contributed by atoms with Crippen LogP contribution < -0.4 is 4.74 Å². The maximum atomic E-state index is 12.0. The van der Waals surface area contributed by atoms with E-state index < -0.39 is 6.16 Å². The standard InChI is InChI=1S/C20H20O3/c1-3-12-22-20(21)23-19-16-10-6-5-8-15(16)13-18-14(4-2)9-7-11-17(18)19/h5-11,13H,3-4,12H2,1-2H3. The lowest BCUT2D eigenvalue weighted by Gasteiger charge is -2.13. The van der Waals surface area contributed by atoms with Gasteiger partial charge in [-0.1, -0.05) is 56.3 Å². The molecule has 0 radical (unpaired) electrons. The first-order chi connectivity index (χ1) is 11.2. The fraction of sp³-hybridized carbons (Fsp3) is 0.250. The number of hydrogen-bond donors (Lipinski definition) is 0. The Morgan fingerprint density at radius 2 is 1.74 bits per heavy atom. The molecule has 0 saturated carbocycles. The van der Waals surface area contributed by atoms with Crippen molar-refractivity contribution in [2.45, 2.75) is 26.7 Å². The van der Waals surface area contributed by atoms with Crippen molar-refractivity contribution in [2.24, 2.45) is 0 Å².